The van der Waals surface area contributed by atoms with Crippen LogP contribution >= 0.6 is 0 Å². The van der Waals surface area contributed by atoms with Gasteiger partial charge in [0.1, 0.15) is 5.69 Å². The summed E-state index contributed by atoms with van der Waals surface area (Å²) in [5, 5.41) is 0. The van der Waals surface area contributed by atoms with E-state index in [1.54, 1.807) is 24.5 Å². The first kappa shape index (κ1) is 15.7. The molecule has 2 aromatic rings. The van der Waals surface area contributed by atoms with E-state index in [2.05, 4.69) is 0 Å². The third kappa shape index (κ3) is 2.85. The molecule has 0 unspecified atom stereocenters. The number of anilines is 1. The van der Waals surface area contributed by atoms with E-state index in [4.69, 9.17) is 0 Å². The summed E-state index contributed by atoms with van der Waals surface area (Å²) >= 11 is 0. The van der Waals surface area contributed by atoms with Gasteiger partial charge in [0.15, 0.2) is 23.3 Å². The van der Waals surface area contributed by atoms with Crippen LogP contribution in [0.3, 0.4) is 0 Å². The summed E-state index contributed by atoms with van der Waals surface area (Å²) in [6.45, 7) is 1.79. The predicted octanol–water partition coefficient (Wildman–Crippen LogP) is 3.45. The van der Waals surface area contributed by atoms with Crippen LogP contribution < -0.4 is 10.9 Å². The summed E-state index contributed by atoms with van der Waals surface area (Å²) in [5.41, 5.74) is 3.26. The van der Waals surface area contributed by atoms with E-state index in [1.165, 1.54) is 12.1 Å². The average molecular weight is 316 g/mol. The van der Waals surface area contributed by atoms with Crippen LogP contribution in [0.5, 0.6) is 0 Å². The largest absolute Gasteiger partial charge is 0.293 e. The van der Waals surface area contributed by atoms with Crippen molar-refractivity contribution in [3.63, 3.8) is 0 Å². The summed E-state index contributed by atoms with van der Waals surface area (Å²) < 4.78 is 65.6. The van der Waals surface area contributed by atoms with Crippen LogP contribution in [0.25, 0.3) is 0 Å². The third-order valence-corrected chi connectivity index (χ3v) is 2.82. The summed E-state index contributed by atoms with van der Waals surface area (Å²) in [7, 11) is 0. The lowest BCUT2D eigenvalue weighted by molar-refractivity contribution is 0.0962. The zero-order valence-corrected chi connectivity index (χ0v) is 11.1. The number of amides is 1. The van der Waals surface area contributed by atoms with Crippen molar-refractivity contribution in [2.24, 2.45) is 0 Å². The normalized spacial score (nSPS) is 10.5. The zero-order valence-electron chi connectivity index (χ0n) is 11.1. The maximum absolute atomic E-state index is 13.4. The SMILES string of the molecule is Cc1ccc(C(=O)NNc2c(F)c(F)c(F)c(F)c2F)cc1. The van der Waals surface area contributed by atoms with Crippen molar-refractivity contribution in [1.82, 2.24) is 5.43 Å². The third-order valence-electron chi connectivity index (χ3n) is 2.82. The van der Waals surface area contributed by atoms with Gasteiger partial charge in [-0.25, -0.2) is 22.0 Å². The minimum atomic E-state index is -2.27. The molecule has 0 bridgehead atoms. The van der Waals surface area contributed by atoms with Gasteiger partial charge < -0.3 is 0 Å². The van der Waals surface area contributed by atoms with Crippen molar-refractivity contribution in [2.75, 3.05) is 5.43 Å². The van der Waals surface area contributed by atoms with Crippen LogP contribution in [0.4, 0.5) is 27.6 Å². The molecule has 0 aliphatic heterocycles. The lowest BCUT2D eigenvalue weighted by Crippen LogP contribution is -2.31. The van der Waals surface area contributed by atoms with Crippen molar-refractivity contribution in [3.8, 4) is 0 Å². The van der Waals surface area contributed by atoms with E-state index in [0.29, 0.717) is 0 Å². The van der Waals surface area contributed by atoms with Gasteiger partial charge in [-0.2, -0.15) is 0 Å². The van der Waals surface area contributed by atoms with Gasteiger partial charge in [0, 0.05) is 5.56 Å². The second-order valence-electron chi connectivity index (χ2n) is 4.39. The fourth-order valence-electron chi connectivity index (χ4n) is 1.61. The number of hydrogen-bond acceptors (Lipinski definition) is 2. The minimum Gasteiger partial charge on any atom is -0.293 e. The molecule has 22 heavy (non-hydrogen) atoms. The van der Waals surface area contributed by atoms with E-state index >= 15 is 0 Å². The predicted molar refractivity (Wildman–Crippen MR) is 68.5 cm³/mol. The Labute approximate surface area is 121 Å². The molecule has 2 rings (SSSR count). The van der Waals surface area contributed by atoms with Crippen molar-refractivity contribution < 1.29 is 26.7 Å². The van der Waals surface area contributed by atoms with Crippen molar-refractivity contribution in [1.29, 1.82) is 0 Å². The maximum Gasteiger partial charge on any atom is 0.269 e. The molecule has 0 aliphatic rings. The summed E-state index contributed by atoms with van der Waals surface area (Å²) in [5.74, 6) is -11.4. The highest BCUT2D eigenvalue weighted by Gasteiger charge is 2.26. The molecule has 0 saturated heterocycles. The second-order valence-corrected chi connectivity index (χ2v) is 4.39. The highest BCUT2D eigenvalue weighted by molar-refractivity contribution is 5.94. The number of carbonyl (C=O) groups is 1. The number of carbonyl (C=O) groups excluding carboxylic acids is 1. The quantitative estimate of drug-likeness (QED) is 0.394. The molecule has 0 atom stereocenters. The first-order chi connectivity index (χ1) is 10.3. The Hall–Kier alpha value is -2.64. The minimum absolute atomic E-state index is 0.141. The van der Waals surface area contributed by atoms with Gasteiger partial charge in [-0.15, -0.1) is 0 Å². The Kier molecular flexibility index (Phi) is 4.30. The number of halogens is 5. The molecule has 1 amide bonds. The average Bonchev–Trinajstić information content (AvgIpc) is 2.51. The van der Waals surface area contributed by atoms with Gasteiger partial charge in [0.25, 0.3) is 5.91 Å². The lowest BCUT2D eigenvalue weighted by Gasteiger charge is -2.12. The molecular weight excluding hydrogens is 307 g/mol. The molecule has 2 aromatic carbocycles. The Morgan fingerprint density at radius 1 is 0.818 bits per heavy atom. The number of nitrogens with one attached hydrogen (secondary N) is 2. The van der Waals surface area contributed by atoms with Crippen molar-refractivity contribution in [2.45, 2.75) is 6.92 Å². The first-order valence-electron chi connectivity index (χ1n) is 5.97. The summed E-state index contributed by atoms with van der Waals surface area (Å²) in [6.07, 6.45) is 0. The number of hydrogen-bond donors (Lipinski definition) is 2. The molecule has 2 N–H and O–H groups in total. The molecule has 8 heteroatoms. The Morgan fingerprint density at radius 3 is 1.77 bits per heavy atom. The van der Waals surface area contributed by atoms with Crippen LogP contribution in [0.2, 0.25) is 0 Å². The van der Waals surface area contributed by atoms with E-state index in [0.717, 1.165) is 5.56 Å². The van der Waals surface area contributed by atoms with Gasteiger partial charge in [-0.1, -0.05) is 17.7 Å². The van der Waals surface area contributed by atoms with Gasteiger partial charge >= 0.3 is 0 Å². The van der Waals surface area contributed by atoms with Crippen LogP contribution in [0.1, 0.15) is 15.9 Å². The Morgan fingerprint density at radius 2 is 1.27 bits per heavy atom. The van der Waals surface area contributed by atoms with Gasteiger partial charge in [0.2, 0.25) is 5.82 Å². The van der Waals surface area contributed by atoms with E-state index < -0.39 is 40.7 Å². The Balaban J connectivity index is 2.22. The monoisotopic (exact) mass is 316 g/mol. The maximum atomic E-state index is 13.4. The lowest BCUT2D eigenvalue weighted by atomic mass is 10.1. The topological polar surface area (TPSA) is 41.1 Å². The van der Waals surface area contributed by atoms with Crippen LogP contribution in [0.15, 0.2) is 24.3 Å². The van der Waals surface area contributed by atoms with Gasteiger partial charge in [0.05, 0.1) is 0 Å². The number of benzene rings is 2. The first-order valence-corrected chi connectivity index (χ1v) is 5.97. The Bertz CT molecular complexity index is 702. The van der Waals surface area contributed by atoms with Crippen molar-refractivity contribution >= 4 is 11.6 Å². The van der Waals surface area contributed by atoms with Gasteiger partial charge in [-0.3, -0.25) is 15.6 Å². The fraction of sp³-hybridized carbons (Fsp3) is 0.0714. The smallest absolute Gasteiger partial charge is 0.269 e. The molecule has 0 fully saturated rings. The van der Waals surface area contributed by atoms with Crippen molar-refractivity contribution in [3.05, 3.63) is 64.5 Å². The van der Waals surface area contributed by atoms with Crippen LogP contribution in [0, 0.1) is 36.0 Å². The van der Waals surface area contributed by atoms with Crippen LogP contribution in [-0.2, 0) is 0 Å². The number of aryl methyl sites for hydroxylation is 1. The van der Waals surface area contributed by atoms with E-state index in [1.807, 2.05) is 5.43 Å². The molecule has 0 aliphatic carbocycles. The van der Waals surface area contributed by atoms with Crippen LogP contribution in [-0.4, -0.2) is 5.91 Å². The molecule has 3 nitrogen and oxygen atoms in total. The highest BCUT2D eigenvalue weighted by Crippen LogP contribution is 2.26. The zero-order chi connectivity index (χ0) is 16.4. The number of rotatable bonds is 3. The van der Waals surface area contributed by atoms with E-state index in [9.17, 15) is 26.7 Å². The molecule has 0 heterocycles. The molecule has 0 radical (unpaired) electrons. The summed E-state index contributed by atoms with van der Waals surface area (Å²) in [6, 6.07) is 6.11. The molecule has 0 saturated carbocycles. The fourth-order valence-corrected chi connectivity index (χ4v) is 1.61. The van der Waals surface area contributed by atoms with Gasteiger partial charge in [-0.05, 0) is 19.1 Å². The standard InChI is InChI=1S/C14H9F5N2O/c1-6-2-4-7(5-3-6)14(22)21-20-13-11(18)9(16)8(15)10(17)12(13)19/h2-5,20H,1H3,(H,21,22). The second kappa shape index (κ2) is 6.00. The number of hydrazine groups is 1. The molecule has 116 valence electrons. The molecule has 0 aromatic heterocycles. The molecule has 0 spiro atoms. The highest BCUT2D eigenvalue weighted by atomic mass is 19.2. The molecular formula is C14H9F5N2O. The van der Waals surface area contributed by atoms with E-state index in [-0.39, 0.29) is 5.56 Å². The summed E-state index contributed by atoms with van der Waals surface area (Å²) in [4.78, 5) is 11.7.